The van der Waals surface area contributed by atoms with E-state index in [1.807, 2.05) is 84.8 Å². The molecule has 1 spiro atoms. The second-order valence-corrected chi connectivity index (χ2v) is 10.9. The number of amides is 1. The number of rotatable bonds is 5. The predicted molar refractivity (Wildman–Crippen MR) is 157 cm³/mol. The van der Waals surface area contributed by atoms with E-state index >= 15 is 0 Å². The highest BCUT2D eigenvalue weighted by molar-refractivity contribution is 6.16. The van der Waals surface area contributed by atoms with Gasteiger partial charge in [-0.1, -0.05) is 72.3 Å². The highest BCUT2D eigenvalue weighted by Crippen LogP contribution is 2.62. The van der Waals surface area contributed by atoms with Gasteiger partial charge in [0.2, 0.25) is 5.91 Å². The highest BCUT2D eigenvalue weighted by Gasteiger charge is 2.70. The van der Waals surface area contributed by atoms with Gasteiger partial charge in [-0.2, -0.15) is 0 Å². The fourth-order valence-corrected chi connectivity index (χ4v) is 6.99. The van der Waals surface area contributed by atoms with Crippen molar-refractivity contribution in [2.24, 2.45) is 5.92 Å². The van der Waals surface area contributed by atoms with Crippen LogP contribution in [0.4, 0.5) is 5.69 Å². The summed E-state index contributed by atoms with van der Waals surface area (Å²) in [5, 5.41) is 3.08. The number of carbonyl (C=O) groups is 3. The van der Waals surface area contributed by atoms with E-state index in [2.05, 4.69) is 5.32 Å². The van der Waals surface area contributed by atoms with Crippen LogP contribution in [0.1, 0.15) is 49.0 Å². The van der Waals surface area contributed by atoms with Gasteiger partial charge < -0.3 is 15.0 Å². The molecule has 202 valence electrons. The van der Waals surface area contributed by atoms with E-state index in [4.69, 9.17) is 4.74 Å². The first kappa shape index (κ1) is 25.0. The number of ketones is 2. The van der Waals surface area contributed by atoms with Crippen molar-refractivity contribution >= 4 is 29.2 Å². The second-order valence-electron chi connectivity index (χ2n) is 10.9. The fourth-order valence-electron chi connectivity index (χ4n) is 6.99. The van der Waals surface area contributed by atoms with Crippen molar-refractivity contribution in [2.75, 3.05) is 12.4 Å². The number of nitrogens with zero attached hydrogens (tertiary/aromatic N) is 1. The predicted octanol–water partition coefficient (Wildman–Crippen LogP) is 5.99. The Bertz CT molecular complexity index is 1740. The molecule has 7 rings (SSSR count). The van der Waals surface area contributed by atoms with Gasteiger partial charge in [0.15, 0.2) is 11.6 Å². The number of aryl methyl sites for hydroxylation is 1. The maximum Gasteiger partial charge on any atom is 0.238 e. The third-order valence-corrected chi connectivity index (χ3v) is 8.83. The average molecular weight is 541 g/mol. The minimum atomic E-state index is -1.35. The Balaban J connectivity index is 1.52. The molecular formula is C35H28N2O4. The number of anilines is 1. The van der Waals surface area contributed by atoms with Gasteiger partial charge in [0, 0.05) is 23.0 Å². The topological polar surface area (TPSA) is 75.7 Å². The number of benzene rings is 4. The maximum atomic E-state index is 14.8. The Hall–Kier alpha value is -4.97. The van der Waals surface area contributed by atoms with Gasteiger partial charge in [0.1, 0.15) is 17.2 Å². The Kier molecular flexibility index (Phi) is 5.68. The number of para-hydroxylation sites is 1. The van der Waals surface area contributed by atoms with E-state index in [1.54, 1.807) is 43.5 Å². The summed E-state index contributed by atoms with van der Waals surface area (Å²) in [6.07, 6.45) is 3.86. The zero-order chi connectivity index (χ0) is 28.3. The van der Waals surface area contributed by atoms with Crippen LogP contribution in [-0.2, 0) is 10.2 Å². The summed E-state index contributed by atoms with van der Waals surface area (Å²) in [6, 6.07) is 28.2. The second kappa shape index (κ2) is 9.30. The van der Waals surface area contributed by atoms with Crippen molar-refractivity contribution in [3.8, 4) is 5.75 Å². The smallest absolute Gasteiger partial charge is 0.238 e. The van der Waals surface area contributed by atoms with Gasteiger partial charge in [-0.3, -0.25) is 14.4 Å². The third kappa shape index (κ3) is 3.53. The first-order chi connectivity index (χ1) is 19.9. The summed E-state index contributed by atoms with van der Waals surface area (Å²) in [5.41, 5.74) is 3.88. The van der Waals surface area contributed by atoms with Crippen molar-refractivity contribution in [1.82, 2.24) is 4.90 Å². The molecule has 0 bridgehead atoms. The van der Waals surface area contributed by atoms with Crippen molar-refractivity contribution in [2.45, 2.75) is 24.4 Å². The summed E-state index contributed by atoms with van der Waals surface area (Å²) < 4.78 is 5.33. The number of nitrogens with one attached hydrogen (secondary N) is 1. The third-order valence-electron chi connectivity index (χ3n) is 8.83. The van der Waals surface area contributed by atoms with Crippen molar-refractivity contribution in [1.29, 1.82) is 0 Å². The molecule has 1 amide bonds. The van der Waals surface area contributed by atoms with Gasteiger partial charge in [-0.05, 0) is 60.0 Å². The van der Waals surface area contributed by atoms with Crippen LogP contribution in [0.5, 0.6) is 5.75 Å². The summed E-state index contributed by atoms with van der Waals surface area (Å²) in [4.78, 5) is 45.8. The fraction of sp³-hybridized carbons (Fsp3) is 0.171. The van der Waals surface area contributed by atoms with Crippen molar-refractivity contribution < 1.29 is 19.1 Å². The maximum absolute atomic E-state index is 14.8. The number of fused-ring (bicyclic) bond motifs is 6. The van der Waals surface area contributed by atoms with E-state index in [-0.39, 0.29) is 17.5 Å². The van der Waals surface area contributed by atoms with Gasteiger partial charge in [-0.25, -0.2) is 0 Å². The highest BCUT2D eigenvalue weighted by atomic mass is 16.5. The average Bonchev–Trinajstić information content (AvgIpc) is 3.49. The van der Waals surface area contributed by atoms with Crippen LogP contribution < -0.4 is 10.1 Å². The molecule has 1 fully saturated rings. The Morgan fingerprint density at radius 2 is 1.49 bits per heavy atom. The van der Waals surface area contributed by atoms with Crippen molar-refractivity contribution in [3.63, 3.8) is 0 Å². The standard InChI is InChI=1S/C35H28N2O4/c1-21-11-13-24(14-12-21)32(39)30-29(31(38)23-15-17-25(41-2)18-16-23)35(27-9-5-6-10-28(27)36-34(35)40)33-26-8-4-3-7-22(26)19-20-37(30)33/h3-20,29-30,33H,1-2H3,(H,36,40). The first-order valence-corrected chi connectivity index (χ1v) is 13.7. The Morgan fingerprint density at radius 1 is 0.829 bits per heavy atom. The van der Waals surface area contributed by atoms with Crippen LogP contribution in [-0.4, -0.2) is 35.5 Å². The zero-order valence-corrected chi connectivity index (χ0v) is 22.7. The molecule has 1 N–H and O–H groups in total. The van der Waals surface area contributed by atoms with Crippen molar-refractivity contribution in [3.05, 3.63) is 137 Å². The lowest BCUT2D eigenvalue weighted by molar-refractivity contribution is -0.122. The molecule has 3 aliphatic heterocycles. The Morgan fingerprint density at radius 3 is 2.24 bits per heavy atom. The molecule has 3 heterocycles. The Labute approximate surface area is 238 Å². The van der Waals surface area contributed by atoms with E-state index in [0.29, 0.717) is 22.6 Å². The molecule has 1 saturated heterocycles. The first-order valence-electron chi connectivity index (χ1n) is 13.7. The molecule has 0 saturated carbocycles. The van der Waals surface area contributed by atoms with Gasteiger partial charge in [-0.15, -0.1) is 0 Å². The molecule has 4 aromatic carbocycles. The van der Waals surface area contributed by atoms with E-state index in [1.165, 1.54) is 0 Å². The molecule has 41 heavy (non-hydrogen) atoms. The number of carbonyl (C=O) groups excluding carboxylic acids is 3. The van der Waals surface area contributed by atoms with E-state index < -0.39 is 23.4 Å². The lowest BCUT2D eigenvalue weighted by Crippen LogP contribution is -2.49. The molecule has 0 aliphatic carbocycles. The monoisotopic (exact) mass is 540 g/mol. The lowest BCUT2D eigenvalue weighted by Gasteiger charge is -2.38. The largest absolute Gasteiger partial charge is 0.497 e. The van der Waals surface area contributed by atoms with Gasteiger partial charge in [0.25, 0.3) is 0 Å². The normalized spacial score (nSPS) is 23.5. The number of ether oxygens (including phenoxy) is 1. The van der Waals surface area contributed by atoms with E-state index in [9.17, 15) is 14.4 Å². The van der Waals surface area contributed by atoms with E-state index in [0.717, 1.165) is 22.3 Å². The molecule has 4 aromatic rings. The number of Topliss-reactive ketones (excluding diaryl/α,β-unsaturated/α-hetero) is 2. The molecular weight excluding hydrogens is 512 g/mol. The molecule has 6 nitrogen and oxygen atoms in total. The van der Waals surface area contributed by atoms with Crippen LogP contribution in [0.3, 0.4) is 0 Å². The van der Waals surface area contributed by atoms with Crippen LogP contribution in [0.2, 0.25) is 0 Å². The molecule has 0 aromatic heterocycles. The quantitative estimate of drug-likeness (QED) is 0.315. The lowest BCUT2D eigenvalue weighted by atomic mass is 9.62. The van der Waals surface area contributed by atoms with Crippen LogP contribution in [0.15, 0.2) is 103 Å². The zero-order valence-electron chi connectivity index (χ0n) is 22.7. The molecule has 3 aliphatic rings. The minimum absolute atomic E-state index is 0.194. The van der Waals surface area contributed by atoms with Crippen LogP contribution in [0.25, 0.3) is 6.08 Å². The molecule has 4 atom stereocenters. The minimum Gasteiger partial charge on any atom is -0.497 e. The summed E-state index contributed by atoms with van der Waals surface area (Å²) in [5.74, 6) is -1.11. The summed E-state index contributed by atoms with van der Waals surface area (Å²) in [6.45, 7) is 1.97. The number of methoxy groups -OCH3 is 1. The summed E-state index contributed by atoms with van der Waals surface area (Å²) in [7, 11) is 1.57. The number of hydrogen-bond acceptors (Lipinski definition) is 5. The van der Waals surface area contributed by atoms with Gasteiger partial charge in [0.05, 0.1) is 19.1 Å². The molecule has 6 heteroatoms. The summed E-state index contributed by atoms with van der Waals surface area (Å²) >= 11 is 0. The van der Waals surface area contributed by atoms with Gasteiger partial charge >= 0.3 is 0 Å². The number of hydrogen-bond donors (Lipinski definition) is 1. The van der Waals surface area contributed by atoms with Crippen LogP contribution >= 0.6 is 0 Å². The molecule has 4 unspecified atom stereocenters. The molecule has 0 radical (unpaired) electrons. The SMILES string of the molecule is COc1ccc(C(=O)C2C(C(=O)c3ccc(C)cc3)N3C=Cc4ccccc4C3C23C(=O)Nc2ccccc23)cc1. The van der Waals surface area contributed by atoms with Crippen LogP contribution in [0, 0.1) is 12.8 Å².